The van der Waals surface area contributed by atoms with Gasteiger partial charge in [0.25, 0.3) is 0 Å². The van der Waals surface area contributed by atoms with E-state index >= 15 is 0 Å². The lowest BCUT2D eigenvalue weighted by atomic mass is 10.3. The third-order valence-electron chi connectivity index (χ3n) is 1.29. The molecule has 0 spiro atoms. The highest BCUT2D eigenvalue weighted by molar-refractivity contribution is 5.87. The van der Waals surface area contributed by atoms with Crippen LogP contribution in [0.1, 0.15) is 16.8 Å². The number of hydrogen-bond acceptors (Lipinski definition) is 4. The summed E-state index contributed by atoms with van der Waals surface area (Å²) < 4.78 is 0. The lowest BCUT2D eigenvalue weighted by molar-refractivity contribution is -0.136. The Kier molecular flexibility index (Phi) is 6.48. The summed E-state index contributed by atoms with van der Waals surface area (Å²) in [6.45, 7) is 0.231. The highest BCUT2D eigenvalue weighted by atomic mass is 16.4. The van der Waals surface area contributed by atoms with E-state index in [1.54, 1.807) is 0 Å². The van der Waals surface area contributed by atoms with E-state index in [1.807, 2.05) is 0 Å². The molecule has 0 aliphatic heterocycles. The lowest BCUT2D eigenvalue weighted by Gasteiger charge is -1.87. The molecule has 0 radical (unpaired) electrons. The summed E-state index contributed by atoms with van der Waals surface area (Å²) in [6, 6.07) is 2.89. The zero-order valence-electron chi connectivity index (χ0n) is 7.96. The van der Waals surface area contributed by atoms with Crippen LogP contribution in [0.25, 0.3) is 0 Å². The molecule has 6 nitrogen and oxygen atoms in total. The van der Waals surface area contributed by atoms with Crippen LogP contribution >= 0.6 is 0 Å². The van der Waals surface area contributed by atoms with Crippen molar-refractivity contribution in [3.05, 3.63) is 30.1 Å². The quantitative estimate of drug-likeness (QED) is 0.659. The average Bonchev–Trinajstić information content (AvgIpc) is 2.20. The second-order valence-electron chi connectivity index (χ2n) is 2.47. The van der Waals surface area contributed by atoms with E-state index in [0.717, 1.165) is 0 Å². The number of carbonyl (C=O) groups is 2. The van der Waals surface area contributed by atoms with Crippen molar-refractivity contribution in [2.45, 2.75) is 6.42 Å². The highest BCUT2D eigenvalue weighted by Crippen LogP contribution is 1.93. The number of nitrogens with zero attached hydrogens (tertiary/aromatic N) is 1. The second kappa shape index (κ2) is 7.45. The van der Waals surface area contributed by atoms with Gasteiger partial charge in [0.15, 0.2) is 0 Å². The predicted octanol–water partition coefficient (Wildman–Crippen LogP) is 0.200. The van der Waals surface area contributed by atoms with Gasteiger partial charge in [0.05, 0.1) is 12.0 Å². The van der Waals surface area contributed by atoms with E-state index in [2.05, 4.69) is 4.98 Å². The summed E-state index contributed by atoms with van der Waals surface area (Å²) in [5.74, 6) is -1.75. The number of pyridine rings is 1. The molecule has 6 heteroatoms. The Morgan fingerprint density at radius 2 is 1.80 bits per heavy atom. The molecule has 0 fully saturated rings. The van der Waals surface area contributed by atoms with Crippen LogP contribution in [0.3, 0.4) is 0 Å². The van der Waals surface area contributed by atoms with Crippen molar-refractivity contribution >= 4 is 11.9 Å². The first kappa shape index (κ1) is 13.1. The Bertz CT molecular complexity index is 313. The maximum absolute atomic E-state index is 10.2. The number of aromatic carboxylic acids is 1. The summed E-state index contributed by atoms with van der Waals surface area (Å²) >= 11 is 0. The number of carboxylic acids is 2. The van der Waals surface area contributed by atoms with Gasteiger partial charge in [-0.3, -0.25) is 9.78 Å². The Hall–Kier alpha value is -1.95. The first-order chi connectivity index (χ1) is 7.07. The summed E-state index contributed by atoms with van der Waals surface area (Å²) in [7, 11) is 0. The van der Waals surface area contributed by atoms with Crippen LogP contribution in [0.4, 0.5) is 0 Å². The molecule has 1 aromatic heterocycles. The first-order valence-electron chi connectivity index (χ1n) is 4.13. The Morgan fingerprint density at radius 1 is 1.27 bits per heavy atom. The van der Waals surface area contributed by atoms with E-state index in [0.29, 0.717) is 0 Å². The van der Waals surface area contributed by atoms with Gasteiger partial charge in [0.1, 0.15) is 0 Å². The number of hydrogen-bond donors (Lipinski definition) is 3. The summed E-state index contributed by atoms with van der Waals surface area (Å²) in [4.78, 5) is 23.4. The SMILES string of the molecule is NCCC(=O)O.O=C(O)c1ccncc1. The van der Waals surface area contributed by atoms with E-state index in [1.165, 1.54) is 24.5 Å². The summed E-state index contributed by atoms with van der Waals surface area (Å²) in [6.07, 6.45) is 2.97. The number of carboxylic acid groups (broad SMARTS) is 2. The van der Waals surface area contributed by atoms with E-state index in [4.69, 9.17) is 15.9 Å². The number of aromatic nitrogens is 1. The minimum atomic E-state index is -0.919. The molecule has 0 aliphatic rings. The highest BCUT2D eigenvalue weighted by Gasteiger charge is 1.97. The molecule has 0 amide bonds. The van der Waals surface area contributed by atoms with Crippen molar-refractivity contribution in [1.29, 1.82) is 0 Å². The van der Waals surface area contributed by atoms with Crippen molar-refractivity contribution < 1.29 is 19.8 Å². The molecule has 0 saturated heterocycles. The third-order valence-corrected chi connectivity index (χ3v) is 1.29. The second-order valence-corrected chi connectivity index (χ2v) is 2.47. The van der Waals surface area contributed by atoms with Crippen LogP contribution in [0.2, 0.25) is 0 Å². The van der Waals surface area contributed by atoms with Crippen molar-refractivity contribution in [1.82, 2.24) is 4.98 Å². The Balaban J connectivity index is 0.000000288. The zero-order valence-corrected chi connectivity index (χ0v) is 7.96. The maximum Gasteiger partial charge on any atom is 0.335 e. The van der Waals surface area contributed by atoms with Crippen molar-refractivity contribution in [2.24, 2.45) is 5.73 Å². The Labute approximate surface area is 86.4 Å². The van der Waals surface area contributed by atoms with Gasteiger partial charge < -0.3 is 15.9 Å². The molecule has 4 N–H and O–H groups in total. The molecule has 1 aromatic rings. The molecule has 0 saturated carbocycles. The van der Waals surface area contributed by atoms with Crippen LogP contribution < -0.4 is 5.73 Å². The van der Waals surface area contributed by atoms with Gasteiger partial charge in [0, 0.05) is 18.9 Å². The van der Waals surface area contributed by atoms with Crippen molar-refractivity contribution in [2.75, 3.05) is 6.54 Å². The molecular weight excluding hydrogens is 200 g/mol. The van der Waals surface area contributed by atoms with Crippen LogP contribution in [-0.4, -0.2) is 33.7 Å². The fraction of sp³-hybridized carbons (Fsp3) is 0.222. The molecule has 1 heterocycles. The van der Waals surface area contributed by atoms with Gasteiger partial charge in [0.2, 0.25) is 0 Å². The fourth-order valence-corrected chi connectivity index (χ4v) is 0.618. The number of nitrogens with two attached hydrogens (primary N) is 1. The Morgan fingerprint density at radius 3 is 2.00 bits per heavy atom. The maximum atomic E-state index is 10.2. The molecule has 0 aliphatic carbocycles. The summed E-state index contributed by atoms with van der Waals surface area (Å²) in [5, 5.41) is 16.2. The van der Waals surface area contributed by atoms with Crippen molar-refractivity contribution in [3.8, 4) is 0 Å². The molecule has 0 bridgehead atoms. The minimum Gasteiger partial charge on any atom is -0.481 e. The van der Waals surface area contributed by atoms with Crippen LogP contribution in [0, 0.1) is 0 Å². The average molecular weight is 212 g/mol. The topological polar surface area (TPSA) is 114 Å². The van der Waals surface area contributed by atoms with Crippen LogP contribution in [-0.2, 0) is 4.79 Å². The normalized spacial score (nSPS) is 8.60. The summed E-state index contributed by atoms with van der Waals surface area (Å²) in [5.41, 5.74) is 5.12. The first-order valence-corrected chi connectivity index (χ1v) is 4.13. The van der Waals surface area contributed by atoms with Gasteiger partial charge in [-0.2, -0.15) is 0 Å². The fourth-order valence-electron chi connectivity index (χ4n) is 0.618. The number of rotatable bonds is 3. The molecule has 82 valence electrons. The molecule has 0 aromatic carbocycles. The standard InChI is InChI=1S/C6H5NO2.C3H7NO2/c8-6(9)5-1-3-7-4-2-5;4-2-1-3(5)6/h1-4H,(H,8,9);1-2,4H2,(H,5,6). The molecule has 15 heavy (non-hydrogen) atoms. The van der Waals surface area contributed by atoms with Crippen LogP contribution in [0.5, 0.6) is 0 Å². The molecule has 0 unspecified atom stereocenters. The van der Waals surface area contributed by atoms with Gasteiger partial charge in [-0.1, -0.05) is 0 Å². The molecule has 0 atom stereocenters. The minimum absolute atomic E-state index is 0.0694. The van der Waals surface area contributed by atoms with E-state index in [9.17, 15) is 9.59 Å². The van der Waals surface area contributed by atoms with Crippen molar-refractivity contribution in [3.63, 3.8) is 0 Å². The molecule has 1 rings (SSSR count). The zero-order chi connectivity index (χ0) is 11.7. The smallest absolute Gasteiger partial charge is 0.335 e. The lowest BCUT2D eigenvalue weighted by Crippen LogP contribution is -2.05. The largest absolute Gasteiger partial charge is 0.481 e. The van der Waals surface area contributed by atoms with Gasteiger partial charge >= 0.3 is 11.9 Å². The third kappa shape index (κ3) is 7.15. The molecular formula is C9H12N2O4. The predicted molar refractivity (Wildman–Crippen MR) is 52.5 cm³/mol. The van der Waals surface area contributed by atoms with Gasteiger partial charge in [-0.15, -0.1) is 0 Å². The van der Waals surface area contributed by atoms with Gasteiger partial charge in [-0.05, 0) is 12.1 Å². The van der Waals surface area contributed by atoms with Crippen LogP contribution in [0.15, 0.2) is 24.5 Å². The van der Waals surface area contributed by atoms with Gasteiger partial charge in [-0.25, -0.2) is 4.79 Å². The number of aliphatic carboxylic acids is 1. The van der Waals surface area contributed by atoms with E-state index < -0.39 is 11.9 Å². The monoisotopic (exact) mass is 212 g/mol. The van der Waals surface area contributed by atoms with E-state index in [-0.39, 0.29) is 18.5 Å².